The van der Waals surface area contributed by atoms with Crippen LogP contribution in [0.2, 0.25) is 0 Å². The summed E-state index contributed by atoms with van der Waals surface area (Å²) in [7, 11) is 0. The highest BCUT2D eigenvalue weighted by molar-refractivity contribution is 7.12. The summed E-state index contributed by atoms with van der Waals surface area (Å²) in [6.07, 6.45) is 5.10. The van der Waals surface area contributed by atoms with E-state index in [-0.39, 0.29) is 0 Å². The molecule has 0 aliphatic heterocycles. The van der Waals surface area contributed by atoms with Crippen molar-refractivity contribution >= 4 is 17.3 Å². The predicted molar refractivity (Wildman–Crippen MR) is 69.5 cm³/mol. The fourth-order valence-electron chi connectivity index (χ4n) is 2.07. The molecule has 1 aromatic heterocycles. The molecule has 0 radical (unpaired) electrons. The van der Waals surface area contributed by atoms with Crippen molar-refractivity contribution in [3.8, 4) is 0 Å². The minimum Gasteiger partial charge on any atom is -0.477 e. The number of nitrogens with one attached hydrogen (secondary N) is 1. The largest absolute Gasteiger partial charge is 0.477 e. The molecule has 1 saturated carbocycles. The zero-order chi connectivity index (χ0) is 12.3. The van der Waals surface area contributed by atoms with Crippen LogP contribution >= 0.6 is 11.3 Å². The molecule has 1 fully saturated rings. The van der Waals surface area contributed by atoms with Gasteiger partial charge in [-0.2, -0.15) is 0 Å². The standard InChI is InChI=1S/C13H19NO2S/c1-2-11(7-9-3-4-9)14-8-10-5-6-17-12(10)13(15)16/h5-6,9,11,14H,2-4,7-8H2,1H3,(H,15,16). The average Bonchev–Trinajstić information content (AvgIpc) is 2.99. The summed E-state index contributed by atoms with van der Waals surface area (Å²) in [5.41, 5.74) is 0.914. The Bertz CT molecular complexity index is 385. The Balaban J connectivity index is 1.86. The topological polar surface area (TPSA) is 49.3 Å². The van der Waals surface area contributed by atoms with Crippen LogP contribution in [0.3, 0.4) is 0 Å². The summed E-state index contributed by atoms with van der Waals surface area (Å²) in [6.45, 7) is 2.86. The molecular weight excluding hydrogens is 234 g/mol. The van der Waals surface area contributed by atoms with Crippen molar-refractivity contribution in [1.29, 1.82) is 0 Å². The number of carbonyl (C=O) groups is 1. The van der Waals surface area contributed by atoms with Crippen LogP contribution in [-0.4, -0.2) is 17.1 Å². The third-order valence-corrected chi connectivity index (χ3v) is 4.27. The average molecular weight is 253 g/mol. The quantitative estimate of drug-likeness (QED) is 0.785. The van der Waals surface area contributed by atoms with Gasteiger partial charge in [-0.1, -0.05) is 19.8 Å². The number of thiophene rings is 1. The molecule has 94 valence electrons. The van der Waals surface area contributed by atoms with Gasteiger partial charge in [0.05, 0.1) is 0 Å². The second-order valence-corrected chi connectivity index (χ2v) is 5.66. The maximum absolute atomic E-state index is 11.0. The lowest BCUT2D eigenvalue weighted by atomic mass is 10.1. The Labute approximate surface area is 106 Å². The monoisotopic (exact) mass is 253 g/mol. The smallest absolute Gasteiger partial charge is 0.346 e. The van der Waals surface area contributed by atoms with E-state index >= 15 is 0 Å². The van der Waals surface area contributed by atoms with Crippen LogP contribution in [0.25, 0.3) is 0 Å². The van der Waals surface area contributed by atoms with E-state index in [9.17, 15) is 4.79 Å². The number of rotatable bonds is 7. The van der Waals surface area contributed by atoms with Gasteiger partial charge in [0.25, 0.3) is 0 Å². The van der Waals surface area contributed by atoms with Gasteiger partial charge in [0.15, 0.2) is 0 Å². The van der Waals surface area contributed by atoms with E-state index in [0.29, 0.717) is 17.5 Å². The molecule has 0 aromatic carbocycles. The van der Waals surface area contributed by atoms with Gasteiger partial charge in [0.2, 0.25) is 0 Å². The third kappa shape index (κ3) is 3.54. The highest BCUT2D eigenvalue weighted by Crippen LogP contribution is 2.34. The Kier molecular flexibility index (Phi) is 4.18. The Morgan fingerprint density at radius 2 is 2.41 bits per heavy atom. The highest BCUT2D eigenvalue weighted by atomic mass is 32.1. The van der Waals surface area contributed by atoms with E-state index in [4.69, 9.17) is 5.11 Å². The second-order valence-electron chi connectivity index (χ2n) is 4.75. The van der Waals surface area contributed by atoms with Gasteiger partial charge in [-0.15, -0.1) is 11.3 Å². The minimum atomic E-state index is -0.813. The molecule has 17 heavy (non-hydrogen) atoms. The molecule has 3 nitrogen and oxygen atoms in total. The number of hydrogen-bond acceptors (Lipinski definition) is 3. The molecular formula is C13H19NO2S. The molecule has 0 amide bonds. The second kappa shape index (κ2) is 5.65. The molecule has 1 aliphatic rings. The summed E-state index contributed by atoms with van der Waals surface area (Å²) in [5, 5.41) is 14.3. The molecule has 2 N–H and O–H groups in total. The molecule has 0 bridgehead atoms. The van der Waals surface area contributed by atoms with Crippen molar-refractivity contribution in [2.45, 2.75) is 45.2 Å². The molecule has 1 aromatic rings. The van der Waals surface area contributed by atoms with E-state index < -0.39 is 5.97 Å². The van der Waals surface area contributed by atoms with Gasteiger partial charge in [-0.05, 0) is 35.8 Å². The molecule has 1 unspecified atom stereocenters. The molecule has 2 rings (SSSR count). The van der Waals surface area contributed by atoms with E-state index in [1.807, 2.05) is 11.4 Å². The predicted octanol–water partition coefficient (Wildman–Crippen LogP) is 3.11. The van der Waals surface area contributed by atoms with Crippen molar-refractivity contribution in [2.24, 2.45) is 5.92 Å². The maximum atomic E-state index is 11.0. The van der Waals surface area contributed by atoms with Crippen LogP contribution in [0, 0.1) is 5.92 Å². The first-order valence-corrected chi connectivity index (χ1v) is 7.11. The molecule has 0 saturated heterocycles. The van der Waals surface area contributed by atoms with Gasteiger partial charge in [-0.3, -0.25) is 0 Å². The minimum absolute atomic E-state index is 0.471. The zero-order valence-corrected chi connectivity index (χ0v) is 10.9. The van der Waals surface area contributed by atoms with Gasteiger partial charge in [0, 0.05) is 12.6 Å². The van der Waals surface area contributed by atoms with Crippen molar-refractivity contribution < 1.29 is 9.90 Å². The van der Waals surface area contributed by atoms with Crippen LogP contribution in [-0.2, 0) is 6.54 Å². The van der Waals surface area contributed by atoms with Crippen LogP contribution in [0.5, 0.6) is 0 Å². The highest BCUT2D eigenvalue weighted by Gasteiger charge is 2.24. The summed E-state index contributed by atoms with van der Waals surface area (Å²) < 4.78 is 0. The summed E-state index contributed by atoms with van der Waals surface area (Å²) in [4.78, 5) is 11.4. The van der Waals surface area contributed by atoms with Crippen molar-refractivity contribution in [2.75, 3.05) is 0 Å². The number of aromatic carboxylic acids is 1. The van der Waals surface area contributed by atoms with E-state index in [1.54, 1.807) is 0 Å². The number of hydrogen-bond donors (Lipinski definition) is 2. The van der Waals surface area contributed by atoms with Crippen molar-refractivity contribution in [3.63, 3.8) is 0 Å². The van der Waals surface area contributed by atoms with Crippen LogP contribution in [0.1, 0.15) is 47.8 Å². The molecule has 0 spiro atoms. The van der Waals surface area contributed by atoms with E-state index in [1.165, 1.54) is 30.6 Å². The molecule has 1 aliphatic carbocycles. The molecule has 1 atom stereocenters. The normalized spacial score (nSPS) is 17.0. The first kappa shape index (κ1) is 12.6. The van der Waals surface area contributed by atoms with E-state index in [0.717, 1.165) is 17.9 Å². The third-order valence-electron chi connectivity index (χ3n) is 3.33. The van der Waals surface area contributed by atoms with Gasteiger partial charge in [0.1, 0.15) is 4.88 Å². The maximum Gasteiger partial charge on any atom is 0.346 e. The lowest BCUT2D eigenvalue weighted by Gasteiger charge is -2.16. The summed E-state index contributed by atoms with van der Waals surface area (Å²) >= 11 is 1.30. The van der Waals surface area contributed by atoms with Crippen molar-refractivity contribution in [1.82, 2.24) is 5.32 Å². The van der Waals surface area contributed by atoms with Gasteiger partial charge >= 0.3 is 5.97 Å². The van der Waals surface area contributed by atoms with E-state index in [2.05, 4.69) is 12.2 Å². The van der Waals surface area contributed by atoms with Crippen molar-refractivity contribution in [3.05, 3.63) is 21.9 Å². The summed E-state index contributed by atoms with van der Waals surface area (Å²) in [5.74, 6) is 0.0981. The van der Waals surface area contributed by atoms with Crippen LogP contribution in [0.15, 0.2) is 11.4 Å². The lowest BCUT2D eigenvalue weighted by molar-refractivity contribution is 0.0701. The first-order valence-electron chi connectivity index (χ1n) is 6.23. The fraction of sp³-hybridized carbons (Fsp3) is 0.615. The van der Waals surface area contributed by atoms with Gasteiger partial charge < -0.3 is 10.4 Å². The van der Waals surface area contributed by atoms with Crippen LogP contribution < -0.4 is 5.32 Å². The number of carboxylic acids is 1. The lowest BCUT2D eigenvalue weighted by Crippen LogP contribution is -2.28. The first-order chi connectivity index (χ1) is 8.20. The molecule has 1 heterocycles. The Hall–Kier alpha value is -0.870. The Morgan fingerprint density at radius 1 is 1.65 bits per heavy atom. The zero-order valence-electron chi connectivity index (χ0n) is 10.1. The SMILES string of the molecule is CCC(CC1CC1)NCc1ccsc1C(=O)O. The summed E-state index contributed by atoms with van der Waals surface area (Å²) in [6, 6.07) is 2.44. The number of carboxylic acid groups (broad SMARTS) is 1. The Morgan fingerprint density at radius 3 is 3.00 bits per heavy atom. The fourth-order valence-corrected chi connectivity index (χ4v) is 2.83. The van der Waals surface area contributed by atoms with Crippen LogP contribution in [0.4, 0.5) is 0 Å². The molecule has 4 heteroatoms. The van der Waals surface area contributed by atoms with Gasteiger partial charge in [-0.25, -0.2) is 4.79 Å².